The van der Waals surface area contributed by atoms with E-state index < -0.39 is 0 Å². The van der Waals surface area contributed by atoms with Gasteiger partial charge >= 0.3 is 0 Å². The first-order chi connectivity index (χ1) is 16.5. The number of rotatable bonds is 11. The van der Waals surface area contributed by atoms with Crippen LogP contribution in [0.5, 0.6) is 0 Å². The molecule has 1 aromatic heterocycles. The predicted molar refractivity (Wildman–Crippen MR) is 137 cm³/mol. The zero-order chi connectivity index (χ0) is 24.3. The summed E-state index contributed by atoms with van der Waals surface area (Å²) in [5.74, 6) is -0.619. The van der Waals surface area contributed by atoms with Gasteiger partial charge in [0.25, 0.3) is 0 Å². The van der Waals surface area contributed by atoms with Gasteiger partial charge in [0.1, 0.15) is 12.4 Å². The third kappa shape index (κ3) is 7.66. The lowest BCUT2D eigenvalue weighted by Gasteiger charge is -2.27. The van der Waals surface area contributed by atoms with Crippen LogP contribution in [0.15, 0.2) is 72.1 Å². The van der Waals surface area contributed by atoms with E-state index in [1.165, 1.54) is 18.2 Å². The van der Waals surface area contributed by atoms with Crippen molar-refractivity contribution in [1.82, 2.24) is 9.80 Å². The van der Waals surface area contributed by atoms with Gasteiger partial charge in [0.05, 0.1) is 6.54 Å². The number of aryl methyl sites for hydroxylation is 1. The predicted octanol–water partition coefficient (Wildman–Crippen LogP) is 6.07. The lowest BCUT2D eigenvalue weighted by atomic mass is 10.2. The number of unbranched alkanes of at least 4 members (excludes halogenated alkanes) is 1. The van der Waals surface area contributed by atoms with Crippen molar-refractivity contribution in [2.45, 2.75) is 39.8 Å². The molecule has 0 bridgehead atoms. The van der Waals surface area contributed by atoms with Crippen LogP contribution in [0.4, 0.5) is 4.39 Å². The lowest BCUT2D eigenvalue weighted by Crippen LogP contribution is -2.42. The lowest BCUT2D eigenvalue weighted by molar-refractivity contribution is -0.139. The Bertz CT molecular complexity index is 1090. The molecule has 0 radical (unpaired) electrons. The molecule has 0 fully saturated rings. The van der Waals surface area contributed by atoms with E-state index in [2.05, 4.69) is 6.92 Å². The highest BCUT2D eigenvalue weighted by molar-refractivity contribution is 7.10. The molecule has 0 N–H and O–H groups in total. The minimum Gasteiger partial charge on any atom is -0.332 e. The van der Waals surface area contributed by atoms with Gasteiger partial charge in [0.2, 0.25) is 11.8 Å². The number of nitrogens with zero attached hydrogens (tertiary/aromatic N) is 2. The fraction of sp³-hybridized carbons (Fsp3) is 0.286. The zero-order valence-electron chi connectivity index (χ0n) is 19.7. The number of amides is 2. The fourth-order valence-electron chi connectivity index (χ4n) is 3.50. The van der Waals surface area contributed by atoms with Gasteiger partial charge in [-0.15, -0.1) is 11.3 Å². The van der Waals surface area contributed by atoms with Gasteiger partial charge in [-0.25, -0.2) is 4.39 Å². The van der Waals surface area contributed by atoms with Crippen LogP contribution in [0.2, 0.25) is 0 Å². The molecule has 0 saturated carbocycles. The Morgan fingerprint density at radius 2 is 1.71 bits per heavy atom. The van der Waals surface area contributed by atoms with Gasteiger partial charge in [-0.05, 0) is 59.7 Å². The Hall–Kier alpha value is -3.25. The van der Waals surface area contributed by atoms with Crippen molar-refractivity contribution in [3.63, 3.8) is 0 Å². The summed E-state index contributed by atoms with van der Waals surface area (Å²) in [7, 11) is 0. The fourth-order valence-corrected chi connectivity index (χ4v) is 4.42. The maximum Gasteiger partial charge on any atom is 0.247 e. The van der Waals surface area contributed by atoms with Crippen molar-refractivity contribution >= 4 is 29.2 Å². The molecule has 3 rings (SSSR count). The Kier molecular flexibility index (Phi) is 9.59. The average molecular weight is 479 g/mol. The quantitative estimate of drug-likeness (QED) is 0.314. The van der Waals surface area contributed by atoms with E-state index in [1.54, 1.807) is 39.3 Å². The van der Waals surface area contributed by atoms with Crippen molar-refractivity contribution in [1.29, 1.82) is 0 Å². The van der Waals surface area contributed by atoms with Crippen LogP contribution in [0, 0.1) is 12.7 Å². The van der Waals surface area contributed by atoms with Crippen LogP contribution in [0.3, 0.4) is 0 Å². The third-order valence-electron chi connectivity index (χ3n) is 5.58. The summed E-state index contributed by atoms with van der Waals surface area (Å²) in [6, 6.07) is 17.9. The van der Waals surface area contributed by atoms with Crippen molar-refractivity contribution in [2.75, 3.05) is 13.1 Å². The number of thiophene rings is 1. The normalized spacial score (nSPS) is 11.0. The summed E-state index contributed by atoms with van der Waals surface area (Å²) in [6.45, 7) is 5.41. The number of hydrogen-bond donors (Lipinski definition) is 0. The monoisotopic (exact) mass is 478 g/mol. The number of carbonyl (C=O) groups is 2. The van der Waals surface area contributed by atoms with Gasteiger partial charge in [-0.3, -0.25) is 9.59 Å². The molecule has 0 unspecified atom stereocenters. The van der Waals surface area contributed by atoms with Crippen LogP contribution in [-0.4, -0.2) is 34.7 Å². The molecular weight excluding hydrogens is 447 g/mol. The minimum absolute atomic E-state index is 0.00355. The summed E-state index contributed by atoms with van der Waals surface area (Å²) >= 11 is 1.61. The molecule has 0 aliphatic heterocycles. The summed E-state index contributed by atoms with van der Waals surface area (Å²) in [6.07, 6.45) is 5.05. The van der Waals surface area contributed by atoms with Gasteiger partial charge in [-0.1, -0.05) is 55.8 Å². The van der Waals surface area contributed by atoms with Crippen LogP contribution in [0.25, 0.3) is 6.08 Å². The first-order valence-corrected chi connectivity index (χ1v) is 12.4. The molecular formula is C28H31FN2O2S. The first-order valence-electron chi connectivity index (χ1n) is 11.5. The number of halogens is 1. The number of carbonyl (C=O) groups excluding carboxylic acids is 2. The standard InChI is InChI=1S/C28H31FN2O2S/c1-3-4-17-30(27(32)15-12-23-8-6-5-7-9-23)21-28(33)31(20-26-22(2)16-18-34-26)19-24-10-13-25(29)14-11-24/h5-16,18H,3-4,17,19-21H2,1-2H3/b15-12+. The first kappa shape index (κ1) is 25.4. The second-order valence-corrected chi connectivity index (χ2v) is 9.26. The van der Waals surface area contributed by atoms with Crippen LogP contribution >= 0.6 is 11.3 Å². The van der Waals surface area contributed by atoms with E-state index in [0.717, 1.165) is 34.4 Å². The molecule has 1 heterocycles. The topological polar surface area (TPSA) is 40.6 Å². The Balaban J connectivity index is 1.76. The van der Waals surface area contributed by atoms with Gasteiger partial charge < -0.3 is 9.80 Å². The highest BCUT2D eigenvalue weighted by Gasteiger charge is 2.21. The molecule has 0 aliphatic rings. The molecule has 2 aromatic carbocycles. The Morgan fingerprint density at radius 3 is 2.35 bits per heavy atom. The molecule has 6 heteroatoms. The third-order valence-corrected chi connectivity index (χ3v) is 6.59. The molecule has 4 nitrogen and oxygen atoms in total. The van der Waals surface area contributed by atoms with E-state index in [1.807, 2.05) is 48.7 Å². The maximum atomic E-state index is 13.4. The van der Waals surface area contributed by atoms with Crippen LogP contribution < -0.4 is 0 Å². The SMILES string of the molecule is CCCCN(CC(=O)N(Cc1ccc(F)cc1)Cc1sccc1C)C(=O)/C=C/c1ccccc1. The highest BCUT2D eigenvalue weighted by Crippen LogP contribution is 2.20. The number of hydrogen-bond acceptors (Lipinski definition) is 3. The molecule has 34 heavy (non-hydrogen) atoms. The van der Waals surface area contributed by atoms with Crippen molar-refractivity contribution < 1.29 is 14.0 Å². The molecule has 0 atom stereocenters. The van der Waals surface area contributed by atoms with E-state index >= 15 is 0 Å². The average Bonchev–Trinajstić information content (AvgIpc) is 3.25. The van der Waals surface area contributed by atoms with Crippen LogP contribution in [0.1, 0.15) is 41.3 Å². The number of benzene rings is 2. The van der Waals surface area contributed by atoms with E-state index in [-0.39, 0.29) is 24.2 Å². The largest absolute Gasteiger partial charge is 0.332 e. The Labute approximate surface area is 205 Å². The minimum atomic E-state index is -0.308. The van der Waals surface area contributed by atoms with Crippen molar-refractivity contribution in [3.8, 4) is 0 Å². The molecule has 178 valence electrons. The molecule has 0 spiro atoms. The smallest absolute Gasteiger partial charge is 0.247 e. The summed E-state index contributed by atoms with van der Waals surface area (Å²) in [5, 5.41) is 2.01. The molecule has 0 saturated heterocycles. The highest BCUT2D eigenvalue weighted by atomic mass is 32.1. The summed E-state index contributed by atoms with van der Waals surface area (Å²) in [5.41, 5.74) is 2.91. The van der Waals surface area contributed by atoms with Crippen molar-refractivity contribution in [3.05, 3.63) is 99.5 Å². The second kappa shape index (κ2) is 12.8. The second-order valence-electron chi connectivity index (χ2n) is 8.26. The summed E-state index contributed by atoms with van der Waals surface area (Å²) < 4.78 is 13.4. The Morgan fingerprint density at radius 1 is 0.971 bits per heavy atom. The van der Waals surface area contributed by atoms with E-state index in [4.69, 9.17) is 0 Å². The van der Waals surface area contributed by atoms with Gasteiger partial charge in [0, 0.05) is 24.0 Å². The molecule has 3 aromatic rings. The molecule has 0 aliphatic carbocycles. The van der Waals surface area contributed by atoms with Gasteiger partial charge in [-0.2, -0.15) is 0 Å². The van der Waals surface area contributed by atoms with Gasteiger partial charge in [0.15, 0.2) is 0 Å². The molecule has 2 amide bonds. The van der Waals surface area contributed by atoms with Crippen LogP contribution in [-0.2, 0) is 22.7 Å². The van der Waals surface area contributed by atoms with E-state index in [9.17, 15) is 14.0 Å². The van der Waals surface area contributed by atoms with E-state index in [0.29, 0.717) is 19.6 Å². The maximum absolute atomic E-state index is 13.4. The van der Waals surface area contributed by atoms with Crippen molar-refractivity contribution in [2.24, 2.45) is 0 Å². The summed E-state index contributed by atoms with van der Waals surface area (Å²) in [4.78, 5) is 30.9. The zero-order valence-corrected chi connectivity index (χ0v) is 20.6.